The first-order valence-electron chi connectivity index (χ1n) is 6.33. The molecule has 0 saturated carbocycles. The van der Waals surface area contributed by atoms with Crippen molar-refractivity contribution < 1.29 is 9.53 Å². The lowest BCUT2D eigenvalue weighted by Crippen LogP contribution is -2.47. The Balaban J connectivity index is 1.81. The molecule has 1 N–H and O–H groups in total. The first-order valence-corrected chi connectivity index (χ1v) is 6.33. The third-order valence-electron chi connectivity index (χ3n) is 3.73. The normalized spacial score (nSPS) is 28.1. The number of methoxy groups -OCH3 is 1. The summed E-state index contributed by atoms with van der Waals surface area (Å²) in [5.41, 5.74) is 0. The summed E-state index contributed by atoms with van der Waals surface area (Å²) in [7, 11) is 1.76. The fraction of sp³-hybridized carbons (Fsp3) is 0.917. The molecule has 0 aromatic rings. The van der Waals surface area contributed by atoms with Gasteiger partial charge in [0.2, 0.25) is 5.91 Å². The lowest BCUT2D eigenvalue weighted by molar-refractivity contribution is -0.138. The topological polar surface area (TPSA) is 41.6 Å². The molecule has 16 heavy (non-hydrogen) atoms. The highest BCUT2D eigenvalue weighted by Crippen LogP contribution is 2.18. The molecule has 2 fully saturated rings. The summed E-state index contributed by atoms with van der Waals surface area (Å²) < 4.78 is 5.31. The number of likely N-dealkylation sites (tertiary alicyclic amines) is 1. The largest absolute Gasteiger partial charge is 0.381 e. The molecule has 1 atom stereocenters. The molecule has 0 spiro atoms. The molecule has 2 saturated heterocycles. The van der Waals surface area contributed by atoms with Crippen LogP contribution in [0.25, 0.3) is 0 Å². The summed E-state index contributed by atoms with van der Waals surface area (Å²) in [5, 5.41) is 3.30. The van der Waals surface area contributed by atoms with Crippen LogP contribution in [0.4, 0.5) is 0 Å². The van der Waals surface area contributed by atoms with Gasteiger partial charge in [-0.3, -0.25) is 4.79 Å². The highest BCUT2D eigenvalue weighted by Gasteiger charge is 2.28. The predicted molar refractivity (Wildman–Crippen MR) is 62.2 cm³/mol. The van der Waals surface area contributed by atoms with Crippen molar-refractivity contribution in [2.75, 3.05) is 33.3 Å². The average Bonchev–Trinajstić information content (AvgIpc) is 2.39. The molecule has 2 heterocycles. The van der Waals surface area contributed by atoms with Gasteiger partial charge in [0.1, 0.15) is 0 Å². The number of nitrogens with one attached hydrogen (secondary N) is 1. The van der Waals surface area contributed by atoms with E-state index in [1.165, 1.54) is 0 Å². The Morgan fingerprint density at radius 3 is 2.62 bits per heavy atom. The van der Waals surface area contributed by atoms with E-state index in [-0.39, 0.29) is 5.92 Å². The van der Waals surface area contributed by atoms with Crippen molar-refractivity contribution in [2.24, 2.45) is 5.92 Å². The van der Waals surface area contributed by atoms with Gasteiger partial charge in [-0.05, 0) is 32.2 Å². The van der Waals surface area contributed by atoms with E-state index in [4.69, 9.17) is 4.74 Å². The van der Waals surface area contributed by atoms with E-state index in [0.717, 1.165) is 51.9 Å². The zero-order chi connectivity index (χ0) is 11.4. The highest BCUT2D eigenvalue weighted by atomic mass is 16.5. The summed E-state index contributed by atoms with van der Waals surface area (Å²) >= 11 is 0. The molecular weight excluding hydrogens is 204 g/mol. The van der Waals surface area contributed by atoms with Gasteiger partial charge < -0.3 is 15.0 Å². The monoisotopic (exact) mass is 226 g/mol. The molecule has 4 nitrogen and oxygen atoms in total. The van der Waals surface area contributed by atoms with Crippen molar-refractivity contribution >= 4 is 5.91 Å². The second kappa shape index (κ2) is 5.64. The van der Waals surface area contributed by atoms with E-state index in [1.807, 2.05) is 4.90 Å². The highest BCUT2D eigenvalue weighted by molar-refractivity contribution is 5.79. The van der Waals surface area contributed by atoms with Crippen molar-refractivity contribution in [2.45, 2.75) is 31.8 Å². The number of rotatable bonds is 2. The van der Waals surface area contributed by atoms with Gasteiger partial charge in [0.15, 0.2) is 0 Å². The molecule has 2 aliphatic heterocycles. The Kier molecular flexibility index (Phi) is 4.18. The molecule has 1 unspecified atom stereocenters. The van der Waals surface area contributed by atoms with Gasteiger partial charge >= 0.3 is 0 Å². The minimum atomic E-state index is 0.216. The van der Waals surface area contributed by atoms with Crippen molar-refractivity contribution in [3.63, 3.8) is 0 Å². The van der Waals surface area contributed by atoms with E-state index in [1.54, 1.807) is 7.11 Å². The van der Waals surface area contributed by atoms with Crippen LogP contribution in [0.1, 0.15) is 25.7 Å². The van der Waals surface area contributed by atoms with Crippen LogP contribution in [0.5, 0.6) is 0 Å². The number of carbonyl (C=O) groups is 1. The molecule has 0 bridgehead atoms. The molecule has 2 rings (SSSR count). The summed E-state index contributed by atoms with van der Waals surface area (Å²) in [6.07, 6.45) is 4.51. The second-order valence-corrected chi connectivity index (χ2v) is 4.80. The summed E-state index contributed by atoms with van der Waals surface area (Å²) in [5.74, 6) is 0.564. The van der Waals surface area contributed by atoms with Crippen LogP contribution in [-0.2, 0) is 9.53 Å². The maximum absolute atomic E-state index is 12.2. The predicted octanol–water partition coefficient (Wildman–Crippen LogP) is 0.623. The summed E-state index contributed by atoms with van der Waals surface area (Å²) in [4.78, 5) is 14.2. The van der Waals surface area contributed by atoms with Gasteiger partial charge in [0, 0.05) is 26.7 Å². The Labute approximate surface area is 97.3 Å². The minimum Gasteiger partial charge on any atom is -0.381 e. The van der Waals surface area contributed by atoms with Crippen molar-refractivity contribution in [3.05, 3.63) is 0 Å². The van der Waals surface area contributed by atoms with Gasteiger partial charge in [0.05, 0.1) is 12.0 Å². The number of carbonyl (C=O) groups excluding carboxylic acids is 1. The number of amides is 1. The zero-order valence-electron chi connectivity index (χ0n) is 10.1. The number of nitrogens with zero attached hydrogens (tertiary/aromatic N) is 1. The maximum Gasteiger partial charge on any atom is 0.226 e. The molecule has 0 radical (unpaired) electrons. The molecule has 4 heteroatoms. The van der Waals surface area contributed by atoms with Crippen LogP contribution in [0, 0.1) is 5.92 Å². The van der Waals surface area contributed by atoms with Gasteiger partial charge in [-0.1, -0.05) is 0 Å². The fourth-order valence-electron chi connectivity index (χ4n) is 2.63. The molecular formula is C12H22N2O2. The van der Waals surface area contributed by atoms with E-state index in [2.05, 4.69) is 5.32 Å². The third-order valence-corrected chi connectivity index (χ3v) is 3.73. The smallest absolute Gasteiger partial charge is 0.226 e. The van der Waals surface area contributed by atoms with E-state index in [9.17, 15) is 4.79 Å². The van der Waals surface area contributed by atoms with Crippen LogP contribution in [0.2, 0.25) is 0 Å². The van der Waals surface area contributed by atoms with Gasteiger partial charge in [-0.25, -0.2) is 0 Å². The van der Waals surface area contributed by atoms with Gasteiger partial charge in [-0.2, -0.15) is 0 Å². The molecule has 92 valence electrons. The zero-order valence-corrected chi connectivity index (χ0v) is 10.1. The second-order valence-electron chi connectivity index (χ2n) is 4.80. The Bertz CT molecular complexity index is 231. The minimum absolute atomic E-state index is 0.216. The van der Waals surface area contributed by atoms with Crippen LogP contribution >= 0.6 is 0 Å². The summed E-state index contributed by atoms with van der Waals surface area (Å²) in [6, 6.07) is 0. The molecule has 0 aromatic carbocycles. The van der Waals surface area contributed by atoms with Crippen LogP contribution < -0.4 is 5.32 Å². The SMILES string of the molecule is COC1CCN(C(=O)C2CCCNC2)CC1. The van der Waals surface area contributed by atoms with E-state index < -0.39 is 0 Å². The fourth-order valence-corrected chi connectivity index (χ4v) is 2.63. The lowest BCUT2D eigenvalue weighted by atomic mass is 9.96. The Morgan fingerprint density at radius 2 is 2.06 bits per heavy atom. The van der Waals surface area contributed by atoms with Gasteiger partial charge in [-0.15, -0.1) is 0 Å². The molecule has 1 amide bonds. The standard InChI is InChI=1S/C12H22N2O2/c1-16-11-4-7-14(8-5-11)12(15)10-3-2-6-13-9-10/h10-11,13H,2-9H2,1H3. The Hall–Kier alpha value is -0.610. The van der Waals surface area contributed by atoms with Crippen LogP contribution in [0.3, 0.4) is 0 Å². The van der Waals surface area contributed by atoms with E-state index in [0.29, 0.717) is 12.0 Å². The number of piperidine rings is 2. The Morgan fingerprint density at radius 1 is 1.31 bits per heavy atom. The van der Waals surface area contributed by atoms with Gasteiger partial charge in [0.25, 0.3) is 0 Å². The first-order chi connectivity index (χ1) is 7.81. The van der Waals surface area contributed by atoms with Crippen molar-refractivity contribution in [1.82, 2.24) is 10.2 Å². The van der Waals surface area contributed by atoms with Crippen molar-refractivity contribution in [1.29, 1.82) is 0 Å². The third kappa shape index (κ3) is 2.74. The first kappa shape index (κ1) is 11.9. The van der Waals surface area contributed by atoms with Crippen LogP contribution in [0.15, 0.2) is 0 Å². The molecule has 0 aromatic heterocycles. The quantitative estimate of drug-likeness (QED) is 0.750. The number of ether oxygens (including phenoxy) is 1. The molecule has 2 aliphatic rings. The van der Waals surface area contributed by atoms with Crippen LogP contribution in [-0.4, -0.2) is 50.2 Å². The maximum atomic E-state index is 12.2. The summed E-state index contributed by atoms with van der Waals surface area (Å²) in [6.45, 7) is 3.67. The lowest BCUT2D eigenvalue weighted by Gasteiger charge is -2.34. The van der Waals surface area contributed by atoms with Crippen molar-refractivity contribution in [3.8, 4) is 0 Å². The molecule has 0 aliphatic carbocycles. The average molecular weight is 226 g/mol. The van der Waals surface area contributed by atoms with E-state index >= 15 is 0 Å². The number of hydrogen-bond donors (Lipinski definition) is 1. The number of hydrogen-bond acceptors (Lipinski definition) is 3.